The fourth-order valence-corrected chi connectivity index (χ4v) is 10.8. The van der Waals surface area contributed by atoms with E-state index in [1.807, 2.05) is 0 Å². The summed E-state index contributed by atoms with van der Waals surface area (Å²) in [6.07, 6.45) is 5.58. The van der Waals surface area contributed by atoms with E-state index >= 15 is 0 Å². The highest BCUT2D eigenvalue weighted by atomic mass is 16.5. The molecule has 0 fully saturated rings. The Kier molecular flexibility index (Phi) is 6.37. The molecule has 3 aliphatic carbocycles. The average Bonchev–Trinajstić information content (AvgIpc) is 3.71. The number of allylic oxidation sites excluding steroid dienone is 4. The first-order valence-corrected chi connectivity index (χ1v) is 19.4. The fourth-order valence-electron chi connectivity index (χ4n) is 10.8. The van der Waals surface area contributed by atoms with Gasteiger partial charge < -0.3 is 4.74 Å². The first-order valence-electron chi connectivity index (χ1n) is 19.4. The zero-order valence-corrected chi connectivity index (χ0v) is 30.2. The largest absolute Gasteiger partial charge is 0.460 e. The maximum atomic E-state index is 7.15. The molecule has 1 spiro atoms. The van der Waals surface area contributed by atoms with E-state index in [9.17, 15) is 0 Å². The van der Waals surface area contributed by atoms with Gasteiger partial charge in [0, 0.05) is 17.1 Å². The smallest absolute Gasteiger partial charge is 0.131 e. The van der Waals surface area contributed by atoms with Gasteiger partial charge in [-0.3, -0.25) is 0 Å². The Morgan fingerprint density at radius 1 is 0.418 bits per heavy atom. The lowest BCUT2D eigenvalue weighted by Crippen LogP contribution is -2.38. The van der Waals surface area contributed by atoms with Crippen molar-refractivity contribution in [2.75, 3.05) is 0 Å². The second-order valence-corrected chi connectivity index (χ2v) is 15.4. The Balaban J connectivity index is 1.10. The van der Waals surface area contributed by atoms with Crippen LogP contribution in [0.3, 0.4) is 0 Å². The molecule has 0 radical (unpaired) electrons. The molecule has 1 aliphatic heterocycles. The molecular weight excluding hydrogens is 665 g/mol. The highest BCUT2D eigenvalue weighted by Crippen LogP contribution is 2.64. The molecular formula is C54H36O. The van der Waals surface area contributed by atoms with Crippen LogP contribution in [0, 0.1) is 0 Å². The Hall–Kier alpha value is -6.70. The van der Waals surface area contributed by atoms with Crippen LogP contribution in [0.4, 0.5) is 0 Å². The highest BCUT2D eigenvalue weighted by Gasteiger charge is 2.52. The summed E-state index contributed by atoms with van der Waals surface area (Å²) >= 11 is 0. The molecule has 0 amide bonds. The lowest BCUT2D eigenvalue weighted by atomic mass is 9.61. The van der Waals surface area contributed by atoms with Crippen molar-refractivity contribution in [3.05, 3.63) is 256 Å². The second kappa shape index (κ2) is 11.4. The molecule has 1 heterocycles. The summed E-state index contributed by atoms with van der Waals surface area (Å²) in [6.45, 7) is 0. The predicted octanol–water partition coefficient (Wildman–Crippen LogP) is 12.9. The van der Waals surface area contributed by atoms with E-state index in [0.29, 0.717) is 0 Å². The normalized spacial score (nSPS) is 19.2. The van der Waals surface area contributed by atoms with E-state index in [-0.39, 0.29) is 5.92 Å². The first kappa shape index (κ1) is 30.7. The van der Waals surface area contributed by atoms with Gasteiger partial charge in [-0.15, -0.1) is 0 Å². The number of hydrogen-bond acceptors (Lipinski definition) is 1. The molecule has 0 aromatic heterocycles. The van der Waals surface area contributed by atoms with E-state index in [1.165, 1.54) is 83.1 Å². The topological polar surface area (TPSA) is 9.23 Å². The predicted molar refractivity (Wildman–Crippen MR) is 224 cm³/mol. The van der Waals surface area contributed by atoms with Gasteiger partial charge in [-0.25, -0.2) is 0 Å². The van der Waals surface area contributed by atoms with Gasteiger partial charge in [0.15, 0.2) is 0 Å². The van der Waals surface area contributed by atoms with Gasteiger partial charge in [-0.2, -0.15) is 0 Å². The molecule has 2 atom stereocenters. The van der Waals surface area contributed by atoms with Crippen molar-refractivity contribution in [1.82, 2.24) is 0 Å². The number of benzene rings is 8. The van der Waals surface area contributed by atoms with Gasteiger partial charge in [0.05, 0.1) is 10.8 Å². The molecule has 0 N–H and O–H groups in total. The number of ether oxygens (including phenoxy) is 1. The standard InChI is InChI=1S/C54H36O/c1-3-18-38(19-4-1)53(39-20-5-2-6-21-39)48-27-13-14-29-51(48)55-52-40(24-15-28-49(52)53)37-30-31-47-43(33-37)41-22-9-11-25-45(41)54(47)46-26-12-10-23-42(46)44-32-35-16-7-8-17-36(35)34-50(44)54/h1-23,25-34,40H,24H2. The van der Waals surface area contributed by atoms with E-state index in [2.05, 4.69) is 200 Å². The van der Waals surface area contributed by atoms with Crippen LogP contribution in [-0.2, 0) is 10.8 Å². The minimum atomic E-state index is -0.532. The number of hydrogen-bond donors (Lipinski definition) is 0. The molecule has 2 unspecified atom stereocenters. The number of rotatable bonds is 3. The molecule has 4 aliphatic rings. The van der Waals surface area contributed by atoms with E-state index in [0.717, 1.165) is 17.9 Å². The third kappa shape index (κ3) is 3.97. The van der Waals surface area contributed by atoms with Crippen LogP contribution < -0.4 is 4.74 Å². The minimum absolute atomic E-state index is 0.0428. The molecule has 12 rings (SSSR count). The van der Waals surface area contributed by atoms with Crippen molar-refractivity contribution in [2.24, 2.45) is 0 Å². The molecule has 258 valence electrons. The zero-order chi connectivity index (χ0) is 36.1. The van der Waals surface area contributed by atoms with Crippen molar-refractivity contribution in [1.29, 1.82) is 0 Å². The second-order valence-electron chi connectivity index (χ2n) is 15.4. The molecule has 0 saturated heterocycles. The van der Waals surface area contributed by atoms with Crippen molar-refractivity contribution in [2.45, 2.75) is 23.2 Å². The average molecular weight is 701 g/mol. The maximum Gasteiger partial charge on any atom is 0.131 e. The maximum absolute atomic E-state index is 7.15. The molecule has 0 bridgehead atoms. The van der Waals surface area contributed by atoms with Gasteiger partial charge in [-0.05, 0) is 96.6 Å². The highest BCUT2D eigenvalue weighted by molar-refractivity contribution is 6.00. The zero-order valence-electron chi connectivity index (χ0n) is 30.2. The molecule has 55 heavy (non-hydrogen) atoms. The number of fused-ring (bicyclic) bond motifs is 12. The molecule has 8 aromatic rings. The van der Waals surface area contributed by atoms with Crippen molar-refractivity contribution in [3.8, 4) is 28.0 Å². The van der Waals surface area contributed by atoms with Crippen LogP contribution >= 0.6 is 0 Å². The van der Waals surface area contributed by atoms with Gasteiger partial charge in [0.1, 0.15) is 11.5 Å². The van der Waals surface area contributed by atoms with Gasteiger partial charge in [0.25, 0.3) is 0 Å². The lowest BCUT2D eigenvalue weighted by molar-refractivity contribution is 0.344. The summed E-state index contributed by atoms with van der Waals surface area (Å²) in [5.74, 6) is 2.00. The Morgan fingerprint density at radius 3 is 1.65 bits per heavy atom. The quantitative estimate of drug-likeness (QED) is 0.178. The van der Waals surface area contributed by atoms with Crippen LogP contribution in [0.25, 0.3) is 33.0 Å². The summed E-state index contributed by atoms with van der Waals surface area (Å²) in [7, 11) is 0. The number of para-hydroxylation sites is 1. The fraction of sp³-hybridized carbons (Fsp3) is 0.0741. The van der Waals surface area contributed by atoms with E-state index in [4.69, 9.17) is 4.74 Å². The molecule has 1 heteroatoms. The summed E-state index contributed by atoms with van der Waals surface area (Å²) in [6, 6.07) is 69.9. The van der Waals surface area contributed by atoms with Crippen LogP contribution in [0.1, 0.15) is 56.8 Å². The van der Waals surface area contributed by atoms with Gasteiger partial charge in [0.2, 0.25) is 0 Å². The molecule has 1 nitrogen and oxygen atoms in total. The van der Waals surface area contributed by atoms with Crippen molar-refractivity contribution < 1.29 is 4.74 Å². The lowest BCUT2D eigenvalue weighted by Gasteiger charge is -2.44. The van der Waals surface area contributed by atoms with Gasteiger partial charge in [-0.1, -0.05) is 182 Å². The van der Waals surface area contributed by atoms with Crippen LogP contribution in [-0.4, -0.2) is 0 Å². The summed E-state index contributed by atoms with van der Waals surface area (Å²) in [5, 5.41) is 2.56. The van der Waals surface area contributed by atoms with Crippen LogP contribution in [0.15, 0.2) is 212 Å². The Bertz CT molecular complexity index is 2890. The van der Waals surface area contributed by atoms with E-state index < -0.39 is 10.8 Å². The summed E-state index contributed by atoms with van der Waals surface area (Å²) in [4.78, 5) is 0. The first-order chi connectivity index (χ1) is 27.3. The Labute approximate surface area is 321 Å². The summed E-state index contributed by atoms with van der Waals surface area (Å²) < 4.78 is 7.15. The Morgan fingerprint density at radius 2 is 0.964 bits per heavy atom. The molecule has 8 aromatic carbocycles. The van der Waals surface area contributed by atoms with Crippen LogP contribution in [0.2, 0.25) is 0 Å². The van der Waals surface area contributed by atoms with Crippen molar-refractivity contribution in [3.63, 3.8) is 0 Å². The third-order valence-electron chi connectivity index (χ3n) is 12.9. The third-order valence-corrected chi connectivity index (χ3v) is 12.9. The van der Waals surface area contributed by atoms with Gasteiger partial charge >= 0.3 is 0 Å². The van der Waals surface area contributed by atoms with Crippen molar-refractivity contribution >= 4 is 10.8 Å². The SMILES string of the molecule is C1=CC2=C(Oc3ccccc3C2(c2ccccc2)c2ccccc2)C(c2ccc3c(c2)-c2ccccc2C32c3ccccc3-c3cc4ccccc4cc32)C1. The van der Waals surface area contributed by atoms with E-state index in [1.54, 1.807) is 0 Å². The van der Waals surface area contributed by atoms with Crippen LogP contribution in [0.5, 0.6) is 5.75 Å². The summed E-state index contributed by atoms with van der Waals surface area (Å²) in [5.41, 5.74) is 16.0. The molecule has 0 saturated carbocycles. The monoisotopic (exact) mass is 700 g/mol. The minimum Gasteiger partial charge on any atom is -0.460 e.